The molecule has 0 aliphatic carbocycles. The first-order chi connectivity index (χ1) is 9.43. The smallest absolute Gasteiger partial charge is 0.249 e. The summed E-state index contributed by atoms with van der Waals surface area (Å²) in [5.74, 6) is -2.19. The molecule has 0 unspecified atom stereocenters. The molecule has 2 rings (SSSR count). The van der Waals surface area contributed by atoms with E-state index in [1.165, 1.54) is 36.4 Å². The Balaban J connectivity index is 2.87. The lowest BCUT2D eigenvalue weighted by Crippen LogP contribution is -2.18. The van der Waals surface area contributed by atoms with E-state index in [2.05, 4.69) is 0 Å². The highest BCUT2D eigenvalue weighted by Gasteiger charge is 2.20. The van der Waals surface area contributed by atoms with Crippen LogP contribution in [-0.4, -0.2) is 11.8 Å². The van der Waals surface area contributed by atoms with Gasteiger partial charge in [-0.15, -0.1) is 0 Å². The third-order valence-electron chi connectivity index (χ3n) is 2.82. The van der Waals surface area contributed by atoms with Gasteiger partial charge in [-0.05, 0) is 18.2 Å². The van der Waals surface area contributed by atoms with Crippen LogP contribution in [0.2, 0.25) is 5.02 Å². The van der Waals surface area contributed by atoms with Crippen LogP contribution < -0.4 is 11.5 Å². The van der Waals surface area contributed by atoms with Crippen LogP contribution in [-0.2, 0) is 0 Å². The summed E-state index contributed by atoms with van der Waals surface area (Å²) in [6.07, 6.45) is 0. The van der Waals surface area contributed by atoms with E-state index in [1.807, 2.05) is 0 Å². The minimum absolute atomic E-state index is 0.0498. The Morgan fingerprint density at radius 3 is 1.95 bits per heavy atom. The van der Waals surface area contributed by atoms with E-state index in [0.717, 1.165) is 0 Å². The molecule has 4 N–H and O–H groups in total. The van der Waals surface area contributed by atoms with Gasteiger partial charge in [-0.3, -0.25) is 9.59 Å². The third-order valence-corrected chi connectivity index (χ3v) is 3.20. The van der Waals surface area contributed by atoms with Crippen molar-refractivity contribution in [1.29, 1.82) is 0 Å². The van der Waals surface area contributed by atoms with Crippen molar-refractivity contribution in [2.24, 2.45) is 11.5 Å². The first-order valence-electron chi connectivity index (χ1n) is 5.60. The van der Waals surface area contributed by atoms with E-state index in [9.17, 15) is 14.0 Å². The first kappa shape index (κ1) is 14.0. The van der Waals surface area contributed by atoms with Gasteiger partial charge >= 0.3 is 0 Å². The fourth-order valence-corrected chi connectivity index (χ4v) is 2.17. The molecule has 4 nitrogen and oxygen atoms in total. The van der Waals surface area contributed by atoms with Crippen LogP contribution in [0, 0.1) is 5.82 Å². The molecule has 102 valence electrons. The Kier molecular flexibility index (Phi) is 3.72. The van der Waals surface area contributed by atoms with Gasteiger partial charge in [0.1, 0.15) is 5.82 Å². The van der Waals surface area contributed by atoms with Crippen molar-refractivity contribution in [2.45, 2.75) is 0 Å². The second kappa shape index (κ2) is 5.30. The maximum atomic E-state index is 13.6. The number of rotatable bonds is 3. The second-order valence-electron chi connectivity index (χ2n) is 4.06. The zero-order valence-electron chi connectivity index (χ0n) is 10.2. The minimum atomic E-state index is -0.761. The summed E-state index contributed by atoms with van der Waals surface area (Å²) in [4.78, 5) is 23.0. The lowest BCUT2D eigenvalue weighted by Gasteiger charge is -2.13. The molecule has 0 aromatic heterocycles. The van der Waals surface area contributed by atoms with E-state index >= 15 is 0 Å². The average Bonchev–Trinajstić information content (AvgIpc) is 2.41. The number of hydrogen-bond donors (Lipinski definition) is 2. The molecule has 20 heavy (non-hydrogen) atoms. The highest BCUT2D eigenvalue weighted by Crippen LogP contribution is 2.34. The van der Waals surface area contributed by atoms with Crippen molar-refractivity contribution in [3.05, 3.63) is 58.4 Å². The molecule has 0 saturated carbocycles. The van der Waals surface area contributed by atoms with Crippen molar-refractivity contribution in [3.63, 3.8) is 0 Å². The standard InChI is InChI=1S/C14H10ClFN2O2/c15-12-7(3-2-6-10(12)16)11-8(13(17)19)4-1-5-9(11)14(18)20/h1-6H,(H2,17,19)(H2,18,20). The molecular formula is C14H10ClFN2O2. The third kappa shape index (κ3) is 2.35. The Morgan fingerprint density at radius 2 is 1.45 bits per heavy atom. The number of benzene rings is 2. The molecule has 2 aromatic rings. The zero-order valence-corrected chi connectivity index (χ0v) is 10.9. The van der Waals surface area contributed by atoms with Crippen molar-refractivity contribution in [1.82, 2.24) is 0 Å². The Morgan fingerprint density at radius 1 is 0.950 bits per heavy atom. The normalized spacial score (nSPS) is 10.3. The Hall–Kier alpha value is -2.40. The molecule has 0 spiro atoms. The van der Waals surface area contributed by atoms with Gasteiger partial charge in [0.05, 0.1) is 5.02 Å². The Labute approximate surface area is 119 Å². The quantitative estimate of drug-likeness (QED) is 0.909. The van der Waals surface area contributed by atoms with Crippen LogP contribution in [0.1, 0.15) is 20.7 Å². The fourth-order valence-electron chi connectivity index (χ4n) is 1.95. The van der Waals surface area contributed by atoms with Crippen molar-refractivity contribution >= 4 is 23.4 Å². The summed E-state index contributed by atoms with van der Waals surface area (Å²) in [5.41, 5.74) is 11.0. The highest BCUT2D eigenvalue weighted by molar-refractivity contribution is 6.34. The summed E-state index contributed by atoms with van der Waals surface area (Å²) < 4.78 is 13.6. The molecule has 0 atom stereocenters. The summed E-state index contributed by atoms with van der Waals surface area (Å²) >= 11 is 5.90. The van der Waals surface area contributed by atoms with Crippen LogP contribution in [0.5, 0.6) is 0 Å². The monoisotopic (exact) mass is 292 g/mol. The second-order valence-corrected chi connectivity index (χ2v) is 4.44. The molecule has 2 aromatic carbocycles. The van der Waals surface area contributed by atoms with Crippen molar-refractivity contribution in [2.75, 3.05) is 0 Å². The molecular weight excluding hydrogens is 283 g/mol. The molecule has 0 bridgehead atoms. The predicted octanol–water partition coefficient (Wildman–Crippen LogP) is 2.34. The van der Waals surface area contributed by atoms with E-state index in [1.54, 1.807) is 0 Å². The molecule has 6 heteroatoms. The number of nitrogens with two attached hydrogens (primary N) is 2. The predicted molar refractivity (Wildman–Crippen MR) is 73.9 cm³/mol. The number of primary amides is 2. The van der Waals surface area contributed by atoms with Gasteiger partial charge in [0.15, 0.2) is 0 Å². The maximum absolute atomic E-state index is 13.6. The Bertz CT molecular complexity index is 684. The van der Waals surface area contributed by atoms with Crippen molar-refractivity contribution < 1.29 is 14.0 Å². The molecule has 0 heterocycles. The minimum Gasteiger partial charge on any atom is -0.366 e. The maximum Gasteiger partial charge on any atom is 0.249 e. The largest absolute Gasteiger partial charge is 0.366 e. The van der Waals surface area contributed by atoms with Gasteiger partial charge in [0.2, 0.25) is 11.8 Å². The van der Waals surface area contributed by atoms with Gasteiger partial charge in [-0.1, -0.05) is 29.8 Å². The summed E-state index contributed by atoms with van der Waals surface area (Å²) in [6, 6.07) is 8.38. The van der Waals surface area contributed by atoms with E-state index in [4.69, 9.17) is 23.1 Å². The van der Waals surface area contributed by atoms with E-state index < -0.39 is 17.6 Å². The topological polar surface area (TPSA) is 86.2 Å². The number of carbonyl (C=O) groups is 2. The van der Waals surface area contributed by atoms with Gasteiger partial charge < -0.3 is 11.5 Å². The molecule has 0 aliphatic heterocycles. The van der Waals surface area contributed by atoms with Crippen LogP contribution in [0.3, 0.4) is 0 Å². The van der Waals surface area contributed by atoms with Gasteiger partial charge in [-0.25, -0.2) is 4.39 Å². The lowest BCUT2D eigenvalue weighted by atomic mass is 9.93. The average molecular weight is 293 g/mol. The van der Waals surface area contributed by atoms with Crippen LogP contribution in [0.15, 0.2) is 36.4 Å². The molecule has 0 aliphatic rings. The summed E-state index contributed by atoms with van der Waals surface area (Å²) in [5, 5.41) is -0.205. The first-order valence-corrected chi connectivity index (χ1v) is 5.98. The van der Waals surface area contributed by atoms with E-state index in [-0.39, 0.29) is 27.3 Å². The fraction of sp³-hybridized carbons (Fsp3) is 0. The number of amides is 2. The molecule has 0 radical (unpaired) electrons. The van der Waals surface area contributed by atoms with Gasteiger partial charge in [-0.2, -0.15) is 0 Å². The molecule has 0 fully saturated rings. The SMILES string of the molecule is NC(=O)c1cccc(C(N)=O)c1-c1cccc(F)c1Cl. The number of hydrogen-bond acceptors (Lipinski definition) is 2. The van der Waals surface area contributed by atoms with Gasteiger partial charge in [0, 0.05) is 22.3 Å². The molecule has 2 amide bonds. The van der Waals surface area contributed by atoms with Crippen LogP contribution >= 0.6 is 11.6 Å². The number of halogens is 2. The number of carbonyl (C=O) groups excluding carboxylic acids is 2. The van der Waals surface area contributed by atoms with Crippen LogP contribution in [0.25, 0.3) is 11.1 Å². The van der Waals surface area contributed by atoms with Crippen LogP contribution in [0.4, 0.5) is 4.39 Å². The van der Waals surface area contributed by atoms with Gasteiger partial charge in [0.25, 0.3) is 0 Å². The highest BCUT2D eigenvalue weighted by atomic mass is 35.5. The molecule has 0 saturated heterocycles. The summed E-state index contributed by atoms with van der Waals surface area (Å²) in [6.45, 7) is 0. The van der Waals surface area contributed by atoms with E-state index in [0.29, 0.717) is 0 Å². The zero-order chi connectivity index (χ0) is 14.9. The lowest BCUT2D eigenvalue weighted by molar-refractivity contribution is 0.0999. The van der Waals surface area contributed by atoms with Crippen molar-refractivity contribution in [3.8, 4) is 11.1 Å². The summed E-state index contributed by atoms with van der Waals surface area (Å²) in [7, 11) is 0.